The first kappa shape index (κ1) is 20.8. The standard InChI is InChI=1S/C25H29N5O/c1-25(2,3)19-9-11-20(12-10-19)26-24(31)27-21-8-6-7-18(17-21)22-13-14-23(29-28-22)30-15-4-5-16-30/h6-14,17H,4-5,15-16H2,1-3H3,(H2,26,27,31). The van der Waals surface area contributed by atoms with Gasteiger partial charge >= 0.3 is 6.03 Å². The Labute approximate surface area is 183 Å². The fraction of sp³-hybridized carbons (Fsp3) is 0.320. The summed E-state index contributed by atoms with van der Waals surface area (Å²) in [6.07, 6.45) is 2.42. The molecule has 4 rings (SSSR count). The van der Waals surface area contributed by atoms with Crippen LogP contribution in [0, 0.1) is 0 Å². The van der Waals surface area contributed by atoms with Crippen LogP contribution in [0.4, 0.5) is 22.0 Å². The van der Waals surface area contributed by atoms with E-state index >= 15 is 0 Å². The molecule has 1 fully saturated rings. The summed E-state index contributed by atoms with van der Waals surface area (Å²) in [7, 11) is 0. The number of urea groups is 1. The van der Waals surface area contributed by atoms with Gasteiger partial charge in [0.15, 0.2) is 5.82 Å². The fourth-order valence-corrected chi connectivity index (χ4v) is 3.70. The molecule has 0 atom stereocenters. The first-order valence-corrected chi connectivity index (χ1v) is 10.8. The van der Waals surface area contributed by atoms with E-state index in [0.29, 0.717) is 5.69 Å². The van der Waals surface area contributed by atoms with Crippen LogP contribution in [0.1, 0.15) is 39.2 Å². The van der Waals surface area contributed by atoms with Gasteiger partial charge in [0.2, 0.25) is 0 Å². The lowest BCUT2D eigenvalue weighted by Crippen LogP contribution is -2.19. The van der Waals surface area contributed by atoms with Crippen LogP contribution in [0.5, 0.6) is 0 Å². The van der Waals surface area contributed by atoms with Gasteiger partial charge in [0, 0.05) is 30.0 Å². The Morgan fingerprint density at radius 1 is 0.871 bits per heavy atom. The number of rotatable bonds is 4. The van der Waals surface area contributed by atoms with Crippen molar-refractivity contribution in [3.63, 3.8) is 0 Å². The van der Waals surface area contributed by atoms with E-state index in [4.69, 9.17) is 0 Å². The summed E-state index contributed by atoms with van der Waals surface area (Å²) in [5.74, 6) is 0.924. The summed E-state index contributed by atoms with van der Waals surface area (Å²) in [6.45, 7) is 8.58. The number of nitrogens with one attached hydrogen (secondary N) is 2. The molecular formula is C25H29N5O. The largest absolute Gasteiger partial charge is 0.355 e. The Morgan fingerprint density at radius 2 is 1.58 bits per heavy atom. The molecule has 0 unspecified atom stereocenters. The summed E-state index contributed by atoms with van der Waals surface area (Å²) in [5, 5.41) is 14.6. The number of aromatic nitrogens is 2. The van der Waals surface area contributed by atoms with E-state index in [0.717, 1.165) is 35.9 Å². The van der Waals surface area contributed by atoms with Gasteiger partial charge in [-0.05, 0) is 60.2 Å². The lowest BCUT2D eigenvalue weighted by atomic mass is 9.87. The lowest BCUT2D eigenvalue weighted by molar-refractivity contribution is 0.262. The molecule has 6 nitrogen and oxygen atoms in total. The fourth-order valence-electron chi connectivity index (χ4n) is 3.70. The average Bonchev–Trinajstić information content (AvgIpc) is 3.29. The Kier molecular flexibility index (Phi) is 5.89. The number of benzene rings is 2. The number of amides is 2. The molecule has 31 heavy (non-hydrogen) atoms. The second-order valence-corrected chi connectivity index (χ2v) is 8.96. The molecule has 0 bridgehead atoms. The first-order valence-electron chi connectivity index (χ1n) is 10.8. The first-order chi connectivity index (χ1) is 14.9. The molecule has 1 aliphatic rings. The maximum Gasteiger partial charge on any atom is 0.323 e. The minimum atomic E-state index is -0.281. The third-order valence-electron chi connectivity index (χ3n) is 5.51. The molecule has 6 heteroatoms. The van der Waals surface area contributed by atoms with Gasteiger partial charge in [0.05, 0.1) is 5.69 Å². The summed E-state index contributed by atoms with van der Waals surface area (Å²) < 4.78 is 0. The highest BCUT2D eigenvalue weighted by atomic mass is 16.2. The van der Waals surface area contributed by atoms with Crippen molar-refractivity contribution >= 4 is 23.2 Å². The Balaban J connectivity index is 1.40. The highest BCUT2D eigenvalue weighted by molar-refractivity contribution is 6.00. The smallest absolute Gasteiger partial charge is 0.323 e. The number of nitrogens with zero attached hydrogens (tertiary/aromatic N) is 3. The van der Waals surface area contributed by atoms with E-state index < -0.39 is 0 Å². The molecule has 1 aromatic heterocycles. The summed E-state index contributed by atoms with van der Waals surface area (Å²) in [6, 6.07) is 19.3. The van der Waals surface area contributed by atoms with E-state index in [1.165, 1.54) is 18.4 Å². The van der Waals surface area contributed by atoms with Gasteiger partial charge in [-0.15, -0.1) is 10.2 Å². The van der Waals surface area contributed by atoms with Crippen LogP contribution in [0.2, 0.25) is 0 Å². The van der Waals surface area contributed by atoms with Crippen LogP contribution in [0.15, 0.2) is 60.7 Å². The van der Waals surface area contributed by atoms with Crippen LogP contribution in [0.25, 0.3) is 11.3 Å². The predicted octanol–water partition coefficient (Wildman–Crippen LogP) is 5.69. The van der Waals surface area contributed by atoms with Crippen molar-refractivity contribution in [3.05, 3.63) is 66.2 Å². The predicted molar refractivity (Wildman–Crippen MR) is 127 cm³/mol. The SMILES string of the molecule is CC(C)(C)c1ccc(NC(=O)Nc2cccc(-c3ccc(N4CCCC4)nn3)c2)cc1. The second kappa shape index (κ2) is 8.76. The van der Waals surface area contributed by atoms with Gasteiger partial charge in [-0.2, -0.15) is 0 Å². The summed E-state index contributed by atoms with van der Waals surface area (Å²) in [4.78, 5) is 14.7. The second-order valence-electron chi connectivity index (χ2n) is 8.96. The molecule has 0 saturated carbocycles. The number of carbonyl (C=O) groups excluding carboxylic acids is 1. The minimum absolute atomic E-state index is 0.0802. The van der Waals surface area contributed by atoms with Crippen molar-refractivity contribution in [2.75, 3.05) is 28.6 Å². The van der Waals surface area contributed by atoms with Crippen molar-refractivity contribution in [2.24, 2.45) is 0 Å². The van der Waals surface area contributed by atoms with Crippen LogP contribution in [0.3, 0.4) is 0 Å². The van der Waals surface area contributed by atoms with Gasteiger partial charge in [-0.25, -0.2) is 4.79 Å². The molecule has 2 aromatic carbocycles. The third kappa shape index (κ3) is 5.20. The van der Waals surface area contributed by atoms with Crippen LogP contribution >= 0.6 is 0 Å². The van der Waals surface area contributed by atoms with Gasteiger partial charge < -0.3 is 15.5 Å². The maximum atomic E-state index is 12.4. The molecule has 3 aromatic rings. The zero-order chi connectivity index (χ0) is 21.8. The summed E-state index contributed by atoms with van der Waals surface area (Å²) in [5.41, 5.74) is 4.45. The highest BCUT2D eigenvalue weighted by Gasteiger charge is 2.15. The molecule has 2 heterocycles. The molecule has 1 saturated heterocycles. The molecule has 0 aliphatic carbocycles. The van der Waals surface area contributed by atoms with Gasteiger partial charge in [-0.1, -0.05) is 45.0 Å². The molecular weight excluding hydrogens is 386 g/mol. The maximum absolute atomic E-state index is 12.4. The van der Waals surface area contributed by atoms with Gasteiger partial charge in [-0.3, -0.25) is 0 Å². The van der Waals surface area contributed by atoms with Crippen molar-refractivity contribution in [3.8, 4) is 11.3 Å². The number of anilines is 3. The van der Waals surface area contributed by atoms with Crippen LogP contribution < -0.4 is 15.5 Å². The Bertz CT molecular complexity index is 1030. The van der Waals surface area contributed by atoms with Crippen molar-refractivity contribution in [1.82, 2.24) is 10.2 Å². The topological polar surface area (TPSA) is 70.2 Å². The van der Waals surface area contributed by atoms with Gasteiger partial charge in [0.1, 0.15) is 0 Å². The number of hydrogen-bond acceptors (Lipinski definition) is 4. The lowest BCUT2D eigenvalue weighted by Gasteiger charge is -2.19. The molecule has 2 amide bonds. The Hall–Kier alpha value is -3.41. The number of carbonyl (C=O) groups is 1. The third-order valence-corrected chi connectivity index (χ3v) is 5.51. The quantitative estimate of drug-likeness (QED) is 0.575. The van der Waals surface area contributed by atoms with E-state index in [-0.39, 0.29) is 11.4 Å². The van der Waals surface area contributed by atoms with Crippen LogP contribution in [-0.4, -0.2) is 29.3 Å². The molecule has 160 valence electrons. The zero-order valence-corrected chi connectivity index (χ0v) is 18.4. The van der Waals surface area contributed by atoms with Crippen LogP contribution in [-0.2, 0) is 5.41 Å². The zero-order valence-electron chi connectivity index (χ0n) is 18.4. The van der Waals surface area contributed by atoms with E-state index in [1.807, 2.05) is 60.7 Å². The van der Waals surface area contributed by atoms with E-state index in [1.54, 1.807) is 0 Å². The van der Waals surface area contributed by atoms with Gasteiger partial charge in [0.25, 0.3) is 0 Å². The molecule has 0 spiro atoms. The minimum Gasteiger partial charge on any atom is -0.355 e. The van der Waals surface area contributed by atoms with Crippen molar-refractivity contribution in [2.45, 2.75) is 39.0 Å². The average molecular weight is 416 g/mol. The van der Waals surface area contributed by atoms with Crippen molar-refractivity contribution in [1.29, 1.82) is 0 Å². The molecule has 2 N–H and O–H groups in total. The highest BCUT2D eigenvalue weighted by Crippen LogP contribution is 2.25. The molecule has 1 aliphatic heterocycles. The van der Waals surface area contributed by atoms with E-state index in [2.05, 4.69) is 46.5 Å². The van der Waals surface area contributed by atoms with E-state index in [9.17, 15) is 4.79 Å². The summed E-state index contributed by atoms with van der Waals surface area (Å²) >= 11 is 0. The normalized spacial score (nSPS) is 13.8. The Morgan fingerprint density at radius 3 is 2.23 bits per heavy atom. The van der Waals surface area contributed by atoms with Crippen molar-refractivity contribution < 1.29 is 4.79 Å². The number of hydrogen-bond donors (Lipinski definition) is 2. The molecule has 0 radical (unpaired) electrons. The monoisotopic (exact) mass is 415 g/mol.